The highest BCUT2D eigenvalue weighted by Gasteiger charge is 2.14. The molecule has 0 radical (unpaired) electrons. The molecule has 0 spiro atoms. The molecule has 3 aromatic rings. The topological polar surface area (TPSA) is 80.7 Å². The van der Waals surface area contributed by atoms with Crippen LogP contribution >= 0.6 is 11.6 Å². The van der Waals surface area contributed by atoms with Crippen molar-refractivity contribution in [2.75, 3.05) is 0 Å². The monoisotopic (exact) mass is 366 g/mol. The van der Waals surface area contributed by atoms with Gasteiger partial charge < -0.3 is 0 Å². The Kier molecular flexibility index (Phi) is 5.01. The molecule has 1 heterocycles. The molecule has 0 N–H and O–H groups in total. The number of rotatable bonds is 4. The highest BCUT2D eigenvalue weighted by molar-refractivity contribution is 6.30. The molecule has 0 amide bonds. The van der Waals surface area contributed by atoms with Gasteiger partial charge in [0.1, 0.15) is 5.69 Å². The predicted molar refractivity (Wildman–Crippen MR) is 98.7 cm³/mol. The summed E-state index contributed by atoms with van der Waals surface area (Å²) < 4.78 is 2.31. The Balaban J connectivity index is 2.17. The zero-order valence-corrected chi connectivity index (χ0v) is 14.8. The number of para-hydroxylation sites is 1. The van der Waals surface area contributed by atoms with Crippen LogP contribution in [0.5, 0.6) is 0 Å². The average molecular weight is 367 g/mol. The summed E-state index contributed by atoms with van der Waals surface area (Å²) in [6.07, 6.45) is 0.139. The first-order valence-corrected chi connectivity index (χ1v) is 8.29. The first kappa shape index (κ1) is 17.6. The van der Waals surface area contributed by atoms with Crippen molar-refractivity contribution < 1.29 is 0 Å². The van der Waals surface area contributed by atoms with Crippen molar-refractivity contribution in [1.29, 1.82) is 5.26 Å². The van der Waals surface area contributed by atoms with E-state index in [-0.39, 0.29) is 18.7 Å². The lowest BCUT2D eigenvalue weighted by Gasteiger charge is -2.13. The van der Waals surface area contributed by atoms with E-state index in [1.54, 1.807) is 55.5 Å². The van der Waals surface area contributed by atoms with Gasteiger partial charge in [-0.1, -0.05) is 41.9 Å². The maximum absolute atomic E-state index is 12.9. The Morgan fingerprint density at radius 1 is 1.12 bits per heavy atom. The molecule has 0 bridgehead atoms. The van der Waals surface area contributed by atoms with Crippen molar-refractivity contribution in [2.24, 2.45) is 0 Å². The summed E-state index contributed by atoms with van der Waals surface area (Å²) in [5.41, 5.74) is 1.13. The van der Waals surface area contributed by atoms with Crippen LogP contribution in [0.3, 0.4) is 0 Å². The van der Waals surface area contributed by atoms with E-state index in [1.807, 2.05) is 0 Å². The Bertz CT molecular complexity index is 1110. The van der Waals surface area contributed by atoms with E-state index in [0.717, 1.165) is 10.1 Å². The largest absolute Gasteiger partial charge is 0.352 e. The van der Waals surface area contributed by atoms with Crippen molar-refractivity contribution >= 4 is 11.6 Å². The molecule has 2 aromatic carbocycles. The summed E-state index contributed by atoms with van der Waals surface area (Å²) in [5.74, 6) is 0. The van der Waals surface area contributed by atoms with Crippen molar-refractivity contribution in [3.63, 3.8) is 0 Å². The number of hydrogen-bond donors (Lipinski definition) is 0. The number of nitriles is 1. The van der Waals surface area contributed by atoms with Gasteiger partial charge in [-0.3, -0.25) is 9.36 Å². The number of hydrogen-bond acceptors (Lipinski definition) is 4. The van der Waals surface area contributed by atoms with Crippen LogP contribution in [0, 0.1) is 18.3 Å². The molecule has 3 rings (SSSR count). The van der Waals surface area contributed by atoms with E-state index in [9.17, 15) is 9.59 Å². The number of aromatic nitrogens is 3. The van der Waals surface area contributed by atoms with E-state index >= 15 is 0 Å². The Hall–Kier alpha value is -3.17. The summed E-state index contributed by atoms with van der Waals surface area (Å²) in [4.78, 5) is 25.4. The molecular formula is C19H15ClN4O2. The van der Waals surface area contributed by atoms with Gasteiger partial charge in [-0.15, -0.1) is 0 Å². The van der Waals surface area contributed by atoms with E-state index in [4.69, 9.17) is 16.9 Å². The number of benzene rings is 2. The molecule has 6 nitrogen and oxygen atoms in total. The quantitative estimate of drug-likeness (QED) is 0.710. The van der Waals surface area contributed by atoms with Crippen LogP contribution in [-0.2, 0) is 13.0 Å². The second-order valence-corrected chi connectivity index (χ2v) is 6.20. The average Bonchev–Trinajstić information content (AvgIpc) is 2.64. The molecule has 26 heavy (non-hydrogen) atoms. The zero-order chi connectivity index (χ0) is 18.7. The minimum Gasteiger partial charge on any atom is -0.267 e. The second kappa shape index (κ2) is 7.38. The second-order valence-electron chi connectivity index (χ2n) is 5.76. The minimum absolute atomic E-state index is 0.110. The lowest BCUT2D eigenvalue weighted by atomic mass is 10.1. The smallest absolute Gasteiger partial charge is 0.267 e. The third kappa shape index (κ3) is 3.44. The van der Waals surface area contributed by atoms with Crippen LogP contribution in [0.1, 0.15) is 16.8 Å². The molecule has 0 saturated carbocycles. The SMILES string of the molecule is Cc1nn(-c2ccccc2CC#N)c(=O)n(Cc2ccc(Cl)cc2)c1=O. The van der Waals surface area contributed by atoms with Crippen molar-refractivity contribution in [1.82, 2.24) is 14.3 Å². The normalized spacial score (nSPS) is 10.5. The van der Waals surface area contributed by atoms with Crippen LogP contribution in [0.4, 0.5) is 0 Å². The molecular weight excluding hydrogens is 352 g/mol. The highest BCUT2D eigenvalue weighted by atomic mass is 35.5. The number of nitrogens with zero attached hydrogens (tertiary/aromatic N) is 4. The van der Waals surface area contributed by atoms with Gasteiger partial charge in [0.05, 0.1) is 24.7 Å². The fourth-order valence-corrected chi connectivity index (χ4v) is 2.78. The predicted octanol–water partition coefficient (Wildman–Crippen LogP) is 2.47. The minimum atomic E-state index is -0.555. The summed E-state index contributed by atoms with van der Waals surface area (Å²) in [7, 11) is 0. The summed E-state index contributed by atoms with van der Waals surface area (Å²) >= 11 is 5.88. The van der Waals surface area contributed by atoms with Crippen LogP contribution in [0.25, 0.3) is 5.69 Å². The third-order valence-corrected chi connectivity index (χ3v) is 4.21. The van der Waals surface area contributed by atoms with Gasteiger partial charge in [0.15, 0.2) is 0 Å². The molecule has 7 heteroatoms. The van der Waals surface area contributed by atoms with E-state index in [0.29, 0.717) is 16.3 Å². The summed E-state index contributed by atoms with van der Waals surface area (Å²) in [5, 5.41) is 13.7. The zero-order valence-electron chi connectivity index (χ0n) is 14.0. The van der Waals surface area contributed by atoms with Crippen molar-refractivity contribution in [3.05, 3.63) is 91.2 Å². The first-order chi connectivity index (χ1) is 12.5. The first-order valence-electron chi connectivity index (χ1n) is 7.91. The van der Waals surface area contributed by atoms with Gasteiger partial charge in [-0.25, -0.2) is 4.79 Å². The van der Waals surface area contributed by atoms with E-state index < -0.39 is 11.2 Å². The molecule has 0 aliphatic carbocycles. The van der Waals surface area contributed by atoms with Crippen LogP contribution in [0.2, 0.25) is 5.02 Å². The maximum Gasteiger partial charge on any atom is 0.352 e. The maximum atomic E-state index is 12.9. The van der Waals surface area contributed by atoms with Crippen LogP contribution in [-0.4, -0.2) is 14.3 Å². The lowest BCUT2D eigenvalue weighted by Crippen LogP contribution is -2.42. The number of aryl methyl sites for hydroxylation is 1. The summed E-state index contributed by atoms with van der Waals surface area (Å²) in [6.45, 7) is 1.67. The van der Waals surface area contributed by atoms with Gasteiger partial charge >= 0.3 is 5.69 Å². The third-order valence-electron chi connectivity index (χ3n) is 3.96. The Labute approximate surface area is 154 Å². The van der Waals surface area contributed by atoms with Gasteiger partial charge in [0, 0.05) is 5.02 Å². The van der Waals surface area contributed by atoms with Crippen LogP contribution in [0.15, 0.2) is 58.1 Å². The number of halogens is 1. The standard InChI is InChI=1S/C19H15ClN4O2/c1-13-18(25)23(12-14-6-8-16(20)9-7-14)19(26)24(22-13)17-5-3-2-4-15(17)10-11-21/h2-9H,10,12H2,1H3. The van der Waals surface area contributed by atoms with Gasteiger partial charge in [-0.2, -0.15) is 15.0 Å². The fourth-order valence-electron chi connectivity index (χ4n) is 2.65. The van der Waals surface area contributed by atoms with Gasteiger partial charge in [0.25, 0.3) is 5.56 Å². The summed E-state index contributed by atoms with van der Waals surface area (Å²) in [6, 6.07) is 16.0. The van der Waals surface area contributed by atoms with Gasteiger partial charge in [-0.05, 0) is 36.2 Å². The molecule has 0 aliphatic heterocycles. The Morgan fingerprint density at radius 2 is 1.81 bits per heavy atom. The highest BCUT2D eigenvalue weighted by Crippen LogP contribution is 2.13. The fraction of sp³-hybridized carbons (Fsp3) is 0.158. The lowest BCUT2D eigenvalue weighted by molar-refractivity contribution is 0.602. The van der Waals surface area contributed by atoms with Crippen molar-refractivity contribution in [3.8, 4) is 11.8 Å². The van der Waals surface area contributed by atoms with Crippen LogP contribution < -0.4 is 11.2 Å². The molecule has 0 saturated heterocycles. The van der Waals surface area contributed by atoms with E-state index in [1.165, 1.54) is 4.68 Å². The molecule has 0 fully saturated rings. The molecule has 1 aromatic heterocycles. The Morgan fingerprint density at radius 3 is 2.50 bits per heavy atom. The molecule has 130 valence electrons. The van der Waals surface area contributed by atoms with E-state index in [2.05, 4.69) is 11.2 Å². The molecule has 0 unspecified atom stereocenters. The molecule has 0 atom stereocenters. The van der Waals surface area contributed by atoms with Gasteiger partial charge in [0.2, 0.25) is 0 Å². The molecule has 0 aliphatic rings. The van der Waals surface area contributed by atoms with Crippen molar-refractivity contribution in [2.45, 2.75) is 19.9 Å².